The molecule has 1 aliphatic heterocycles. The molecule has 5 heteroatoms. The summed E-state index contributed by atoms with van der Waals surface area (Å²) in [6.07, 6.45) is 0.108. The van der Waals surface area contributed by atoms with Crippen LogP contribution < -0.4 is 0 Å². The predicted octanol–water partition coefficient (Wildman–Crippen LogP) is -0.765. The van der Waals surface area contributed by atoms with Crippen LogP contribution >= 0.6 is 0 Å². The van der Waals surface area contributed by atoms with E-state index in [0.29, 0.717) is 19.6 Å². The Hall–Kier alpha value is -1.10. The van der Waals surface area contributed by atoms with E-state index in [1.165, 1.54) is 0 Å². The van der Waals surface area contributed by atoms with Gasteiger partial charge >= 0.3 is 5.97 Å². The van der Waals surface area contributed by atoms with Gasteiger partial charge in [-0.1, -0.05) is 0 Å². The fourth-order valence-corrected chi connectivity index (χ4v) is 1.25. The summed E-state index contributed by atoms with van der Waals surface area (Å²) in [6.45, 7) is 2.28. The zero-order valence-electron chi connectivity index (χ0n) is 7.69. The van der Waals surface area contributed by atoms with Crippen LogP contribution in [-0.4, -0.2) is 60.0 Å². The Labute approximate surface area is 76.9 Å². The first-order valence-electron chi connectivity index (χ1n) is 4.27. The highest BCUT2D eigenvalue weighted by Gasteiger charge is 2.20. The fourth-order valence-electron chi connectivity index (χ4n) is 1.25. The molecule has 0 radical (unpaired) electrons. The molecule has 0 saturated carbocycles. The SMILES string of the molecule is CN1CCN(CCC(=O)O)CC1=O. The Balaban J connectivity index is 2.29. The molecule has 1 N–H and O–H groups in total. The quantitative estimate of drug-likeness (QED) is 0.629. The maximum absolute atomic E-state index is 11.2. The van der Waals surface area contributed by atoms with Crippen LogP contribution in [0.5, 0.6) is 0 Å². The number of hydrogen-bond acceptors (Lipinski definition) is 3. The summed E-state index contributed by atoms with van der Waals surface area (Å²) in [5.74, 6) is -0.747. The van der Waals surface area contributed by atoms with Crippen LogP contribution in [0.15, 0.2) is 0 Å². The van der Waals surface area contributed by atoms with Crippen molar-refractivity contribution >= 4 is 11.9 Å². The van der Waals surface area contributed by atoms with Crippen LogP contribution in [0.2, 0.25) is 0 Å². The summed E-state index contributed by atoms with van der Waals surface area (Å²) in [4.78, 5) is 25.0. The van der Waals surface area contributed by atoms with E-state index >= 15 is 0 Å². The molecule has 0 bridgehead atoms. The fraction of sp³-hybridized carbons (Fsp3) is 0.750. The molecule has 1 rings (SSSR count). The molecule has 0 aromatic carbocycles. The van der Waals surface area contributed by atoms with Crippen molar-refractivity contribution in [1.82, 2.24) is 9.80 Å². The topological polar surface area (TPSA) is 60.9 Å². The van der Waals surface area contributed by atoms with Gasteiger partial charge in [0.05, 0.1) is 13.0 Å². The molecular formula is C8H14N2O3. The standard InChI is InChI=1S/C8H14N2O3/c1-9-4-5-10(6-7(9)11)3-2-8(12)13/h2-6H2,1H3,(H,12,13). The molecule has 5 nitrogen and oxygen atoms in total. The predicted molar refractivity (Wildman–Crippen MR) is 46.3 cm³/mol. The second-order valence-corrected chi connectivity index (χ2v) is 3.24. The van der Waals surface area contributed by atoms with Crippen molar-refractivity contribution in [2.24, 2.45) is 0 Å². The molecule has 1 aliphatic rings. The zero-order valence-corrected chi connectivity index (χ0v) is 7.69. The van der Waals surface area contributed by atoms with E-state index in [4.69, 9.17) is 5.11 Å². The number of carboxylic acid groups (broad SMARTS) is 1. The van der Waals surface area contributed by atoms with Gasteiger partial charge in [-0.3, -0.25) is 14.5 Å². The first-order chi connectivity index (χ1) is 6.09. The van der Waals surface area contributed by atoms with Crippen LogP contribution in [0.25, 0.3) is 0 Å². The average molecular weight is 186 g/mol. The number of carbonyl (C=O) groups is 2. The van der Waals surface area contributed by atoms with Gasteiger partial charge in [-0.05, 0) is 0 Å². The second kappa shape index (κ2) is 4.23. The van der Waals surface area contributed by atoms with Gasteiger partial charge in [0.2, 0.25) is 5.91 Å². The Kier molecular flexibility index (Phi) is 3.25. The van der Waals surface area contributed by atoms with E-state index in [9.17, 15) is 9.59 Å². The van der Waals surface area contributed by atoms with Crippen LogP contribution in [0, 0.1) is 0 Å². The van der Waals surface area contributed by atoms with Gasteiger partial charge in [-0.25, -0.2) is 0 Å². The smallest absolute Gasteiger partial charge is 0.304 e. The number of nitrogens with zero attached hydrogens (tertiary/aromatic N) is 2. The lowest BCUT2D eigenvalue weighted by molar-refractivity contribution is -0.139. The minimum Gasteiger partial charge on any atom is -0.481 e. The van der Waals surface area contributed by atoms with E-state index in [2.05, 4.69) is 0 Å². The highest BCUT2D eigenvalue weighted by atomic mass is 16.4. The largest absolute Gasteiger partial charge is 0.481 e. The molecule has 1 saturated heterocycles. The summed E-state index contributed by atoms with van der Waals surface area (Å²) in [5, 5.41) is 8.44. The van der Waals surface area contributed by atoms with Gasteiger partial charge in [0.25, 0.3) is 0 Å². The van der Waals surface area contributed by atoms with Crippen LogP contribution in [0.4, 0.5) is 0 Å². The number of carbonyl (C=O) groups excluding carboxylic acids is 1. The van der Waals surface area contributed by atoms with Gasteiger partial charge in [-0.2, -0.15) is 0 Å². The third-order valence-electron chi connectivity index (χ3n) is 2.18. The highest BCUT2D eigenvalue weighted by Crippen LogP contribution is 2.01. The molecule has 0 aromatic heterocycles. The number of piperazine rings is 1. The van der Waals surface area contributed by atoms with Gasteiger partial charge in [0.15, 0.2) is 0 Å². The van der Waals surface area contributed by atoms with Crippen molar-refractivity contribution in [1.29, 1.82) is 0 Å². The van der Waals surface area contributed by atoms with E-state index in [-0.39, 0.29) is 12.3 Å². The molecule has 0 aliphatic carbocycles. The minimum atomic E-state index is -0.814. The Bertz CT molecular complexity index is 217. The van der Waals surface area contributed by atoms with E-state index in [0.717, 1.165) is 6.54 Å². The third kappa shape index (κ3) is 3.02. The number of amides is 1. The molecule has 0 atom stereocenters. The zero-order chi connectivity index (χ0) is 9.84. The minimum absolute atomic E-state index is 0.0663. The number of carboxylic acids is 1. The highest BCUT2D eigenvalue weighted by molar-refractivity contribution is 5.78. The van der Waals surface area contributed by atoms with Crippen molar-refractivity contribution in [2.45, 2.75) is 6.42 Å². The lowest BCUT2D eigenvalue weighted by Gasteiger charge is -2.31. The monoisotopic (exact) mass is 186 g/mol. The maximum Gasteiger partial charge on any atom is 0.304 e. The normalized spacial score (nSPS) is 19.2. The Morgan fingerprint density at radius 3 is 2.77 bits per heavy atom. The van der Waals surface area contributed by atoms with E-state index in [1.807, 2.05) is 4.90 Å². The number of aliphatic carboxylic acids is 1. The summed E-state index contributed by atoms with van der Waals surface area (Å²) >= 11 is 0. The molecule has 1 heterocycles. The Morgan fingerprint density at radius 1 is 1.54 bits per heavy atom. The summed E-state index contributed by atoms with van der Waals surface area (Å²) in [7, 11) is 1.76. The second-order valence-electron chi connectivity index (χ2n) is 3.24. The van der Waals surface area contributed by atoms with Crippen molar-refractivity contribution in [2.75, 3.05) is 33.2 Å². The van der Waals surface area contributed by atoms with Crippen molar-refractivity contribution in [3.8, 4) is 0 Å². The molecule has 0 spiro atoms. The van der Waals surface area contributed by atoms with Gasteiger partial charge in [0, 0.05) is 26.7 Å². The molecule has 0 aromatic rings. The van der Waals surface area contributed by atoms with Crippen LogP contribution in [-0.2, 0) is 9.59 Å². The number of hydrogen-bond donors (Lipinski definition) is 1. The first-order valence-corrected chi connectivity index (χ1v) is 4.27. The molecule has 1 amide bonds. The van der Waals surface area contributed by atoms with Gasteiger partial charge < -0.3 is 10.0 Å². The lowest BCUT2D eigenvalue weighted by atomic mass is 10.3. The van der Waals surface area contributed by atoms with Gasteiger partial charge in [0.1, 0.15) is 0 Å². The molecule has 1 fully saturated rings. The summed E-state index contributed by atoms with van der Waals surface area (Å²) < 4.78 is 0. The lowest BCUT2D eigenvalue weighted by Crippen LogP contribution is -2.48. The molecule has 74 valence electrons. The molecule has 0 unspecified atom stereocenters. The van der Waals surface area contributed by atoms with Crippen molar-refractivity contribution < 1.29 is 14.7 Å². The third-order valence-corrected chi connectivity index (χ3v) is 2.18. The van der Waals surface area contributed by atoms with E-state index < -0.39 is 5.97 Å². The summed E-state index contributed by atoms with van der Waals surface area (Å²) in [5.41, 5.74) is 0. The average Bonchev–Trinajstić information content (AvgIpc) is 2.07. The molecule has 13 heavy (non-hydrogen) atoms. The van der Waals surface area contributed by atoms with Crippen LogP contribution in [0.1, 0.15) is 6.42 Å². The van der Waals surface area contributed by atoms with E-state index in [1.54, 1.807) is 11.9 Å². The van der Waals surface area contributed by atoms with Crippen molar-refractivity contribution in [3.05, 3.63) is 0 Å². The Morgan fingerprint density at radius 2 is 2.23 bits per heavy atom. The summed E-state index contributed by atoms with van der Waals surface area (Å²) in [6, 6.07) is 0. The number of rotatable bonds is 3. The number of likely N-dealkylation sites (N-methyl/N-ethyl adjacent to an activating group) is 1. The van der Waals surface area contributed by atoms with Crippen LogP contribution in [0.3, 0.4) is 0 Å². The first kappa shape index (κ1) is 9.98. The maximum atomic E-state index is 11.2. The van der Waals surface area contributed by atoms with Gasteiger partial charge in [-0.15, -0.1) is 0 Å². The molecular weight excluding hydrogens is 172 g/mol. The van der Waals surface area contributed by atoms with Crippen molar-refractivity contribution in [3.63, 3.8) is 0 Å².